The molecule has 2 heterocycles. The molecule has 0 bridgehead atoms. The van der Waals surface area contributed by atoms with Crippen molar-refractivity contribution >= 4 is 51.9 Å². The number of methoxy groups -OCH3 is 1. The van der Waals surface area contributed by atoms with Crippen LogP contribution in [-0.2, 0) is 35.3 Å². The zero-order chi connectivity index (χ0) is 36.4. The Balaban J connectivity index is 0.000000616. The highest BCUT2D eigenvalue weighted by Gasteiger charge is 2.32. The lowest BCUT2D eigenvalue weighted by molar-refractivity contribution is -0.163. The summed E-state index contributed by atoms with van der Waals surface area (Å²) in [5.41, 5.74) is 3.53. The number of anilines is 1. The third kappa shape index (κ3) is 10.8. The van der Waals surface area contributed by atoms with Gasteiger partial charge in [-0.3, -0.25) is 19.2 Å². The van der Waals surface area contributed by atoms with Gasteiger partial charge in [-0.2, -0.15) is 0 Å². The van der Waals surface area contributed by atoms with E-state index in [2.05, 4.69) is 15.6 Å². The molecule has 3 aromatic rings. The molecule has 266 valence electrons. The summed E-state index contributed by atoms with van der Waals surface area (Å²) in [6, 6.07) is 8.50. The van der Waals surface area contributed by atoms with Gasteiger partial charge in [0, 0.05) is 41.7 Å². The lowest BCUT2D eigenvalue weighted by Crippen LogP contribution is -2.29. The summed E-state index contributed by atoms with van der Waals surface area (Å²) in [5, 5.41) is 9.99. The second kappa shape index (κ2) is 18.0. The van der Waals surface area contributed by atoms with Gasteiger partial charge in [0.1, 0.15) is 18.2 Å². The maximum absolute atomic E-state index is 15.3. The van der Waals surface area contributed by atoms with Crippen molar-refractivity contribution in [2.45, 2.75) is 84.3 Å². The number of carboxylic acid groups (broad SMARTS) is 1. The molecule has 50 heavy (non-hydrogen) atoms. The van der Waals surface area contributed by atoms with E-state index in [1.807, 2.05) is 26.0 Å². The van der Waals surface area contributed by atoms with Gasteiger partial charge in [0.2, 0.25) is 0 Å². The average Bonchev–Trinajstić information content (AvgIpc) is 3.81. The van der Waals surface area contributed by atoms with Crippen LogP contribution >= 0.6 is 22.9 Å². The van der Waals surface area contributed by atoms with Crippen LogP contribution in [0.4, 0.5) is 9.52 Å². The molecule has 0 radical (unpaired) electrons. The summed E-state index contributed by atoms with van der Waals surface area (Å²) in [7, 11) is 1.61. The van der Waals surface area contributed by atoms with Crippen molar-refractivity contribution < 1.29 is 42.9 Å². The molecule has 0 spiro atoms. The number of carbonyl (C=O) groups is 4. The van der Waals surface area contributed by atoms with Crippen LogP contribution in [0.5, 0.6) is 5.75 Å². The Bertz CT molecular complexity index is 1750. The van der Waals surface area contributed by atoms with Crippen LogP contribution in [0.25, 0.3) is 11.3 Å². The number of ether oxygens (including phenoxy) is 3. The molecule has 1 saturated carbocycles. The molecule has 2 fully saturated rings. The van der Waals surface area contributed by atoms with Gasteiger partial charge in [0.05, 0.1) is 30.4 Å². The molecular weight excluding hydrogens is 687 g/mol. The van der Waals surface area contributed by atoms with Crippen LogP contribution in [0.1, 0.15) is 85.4 Å². The highest BCUT2D eigenvalue weighted by molar-refractivity contribution is 7.16. The maximum Gasteiger partial charge on any atom is 0.313 e. The molecule has 1 aliphatic carbocycles. The smallest absolute Gasteiger partial charge is 0.313 e. The van der Waals surface area contributed by atoms with Crippen molar-refractivity contribution in [2.24, 2.45) is 5.92 Å². The van der Waals surface area contributed by atoms with E-state index >= 15 is 4.39 Å². The van der Waals surface area contributed by atoms with Crippen molar-refractivity contribution in [1.29, 1.82) is 0 Å². The Morgan fingerprint density at radius 3 is 2.48 bits per heavy atom. The lowest BCUT2D eigenvalue weighted by Gasteiger charge is -2.31. The van der Waals surface area contributed by atoms with Crippen LogP contribution in [0.2, 0.25) is 5.02 Å². The van der Waals surface area contributed by atoms with Crippen molar-refractivity contribution in [3.63, 3.8) is 0 Å². The fourth-order valence-electron chi connectivity index (χ4n) is 5.45. The monoisotopic (exact) mass is 726 g/mol. The van der Waals surface area contributed by atoms with Crippen molar-refractivity contribution in [1.82, 2.24) is 4.98 Å². The fraction of sp³-hybridized carbons (Fsp3) is 0.432. The van der Waals surface area contributed by atoms with Crippen molar-refractivity contribution in [3.05, 3.63) is 62.7 Å². The number of rotatable bonds is 14. The van der Waals surface area contributed by atoms with E-state index in [4.69, 9.17) is 37.6 Å². The third-order valence-electron chi connectivity index (χ3n) is 8.27. The van der Waals surface area contributed by atoms with E-state index in [0.29, 0.717) is 36.0 Å². The van der Waals surface area contributed by atoms with Gasteiger partial charge in [0.15, 0.2) is 5.13 Å². The van der Waals surface area contributed by atoms with Crippen LogP contribution in [0.15, 0.2) is 30.3 Å². The molecule has 2 aliphatic rings. The normalized spacial score (nSPS) is 14.5. The number of hydrogen-bond donors (Lipinski definition) is 1. The van der Waals surface area contributed by atoms with Gasteiger partial charge in [0.25, 0.3) is 0 Å². The second-order valence-corrected chi connectivity index (χ2v) is 13.8. The minimum Gasteiger partial charge on any atom is -0.496 e. The van der Waals surface area contributed by atoms with E-state index < -0.39 is 17.8 Å². The first-order valence-corrected chi connectivity index (χ1v) is 17.5. The van der Waals surface area contributed by atoms with E-state index in [-0.39, 0.29) is 56.0 Å². The van der Waals surface area contributed by atoms with E-state index in [0.717, 1.165) is 51.7 Å². The highest BCUT2D eigenvalue weighted by Crippen LogP contribution is 2.44. The minimum absolute atomic E-state index is 0.0347. The number of terminal acetylenes is 1. The van der Waals surface area contributed by atoms with Crippen molar-refractivity contribution in [3.8, 4) is 29.4 Å². The molecule has 10 nitrogen and oxygen atoms in total. The van der Waals surface area contributed by atoms with E-state index in [1.54, 1.807) is 19.2 Å². The number of aromatic nitrogens is 1. The third-order valence-corrected chi connectivity index (χ3v) is 9.59. The molecule has 1 atom stereocenters. The second-order valence-electron chi connectivity index (χ2n) is 12.2. The van der Waals surface area contributed by atoms with Gasteiger partial charge in [-0.05, 0) is 68.4 Å². The van der Waals surface area contributed by atoms with E-state index in [1.165, 1.54) is 17.4 Å². The van der Waals surface area contributed by atoms with Crippen molar-refractivity contribution in [2.75, 3.05) is 18.6 Å². The summed E-state index contributed by atoms with van der Waals surface area (Å²) in [6.45, 7) is 4.01. The summed E-state index contributed by atoms with van der Waals surface area (Å²) in [4.78, 5) is 51.1. The number of benzene rings is 2. The van der Waals surface area contributed by atoms with Gasteiger partial charge in [-0.1, -0.05) is 42.5 Å². The van der Waals surface area contributed by atoms with Crippen LogP contribution in [-0.4, -0.2) is 47.6 Å². The Morgan fingerprint density at radius 1 is 1.18 bits per heavy atom. The largest absolute Gasteiger partial charge is 0.496 e. The van der Waals surface area contributed by atoms with Gasteiger partial charge >= 0.3 is 23.9 Å². The first-order chi connectivity index (χ1) is 23.9. The number of halogens is 2. The Morgan fingerprint density at radius 2 is 1.90 bits per heavy atom. The summed E-state index contributed by atoms with van der Waals surface area (Å²) in [6.07, 6.45) is 10.3. The van der Waals surface area contributed by atoms with Crippen LogP contribution in [0.3, 0.4) is 0 Å². The Labute approximate surface area is 299 Å². The molecule has 1 saturated heterocycles. The SMILES string of the molecule is C#CCN(c1nc(-c2cc(C)c(OC)cc2Cl)c(C)s1)[C@@H](CC1CC1)c1ccc(COC(=O)CCCC(=O)O)c(F)c1.O=C1CCCC(=O)O1. The average molecular weight is 727 g/mol. The number of cyclic esters (lactones) is 2. The number of aliphatic carboxylic acids is 1. The highest BCUT2D eigenvalue weighted by atomic mass is 35.5. The first-order valence-electron chi connectivity index (χ1n) is 16.3. The number of carbonyl (C=O) groups excluding carboxylic acids is 3. The number of esters is 3. The molecule has 0 amide bonds. The molecule has 5 rings (SSSR count). The Kier molecular flexibility index (Phi) is 13.8. The molecule has 0 unspecified atom stereocenters. The molecule has 1 N–H and O–H groups in total. The number of aryl methyl sites for hydroxylation is 2. The lowest BCUT2D eigenvalue weighted by atomic mass is 9.98. The number of hydrogen-bond acceptors (Lipinski definition) is 10. The zero-order valence-corrected chi connectivity index (χ0v) is 29.8. The maximum atomic E-state index is 15.3. The topological polar surface area (TPSA) is 132 Å². The fourth-order valence-corrected chi connectivity index (χ4v) is 6.67. The number of thiazole rings is 1. The van der Waals surface area contributed by atoms with Gasteiger partial charge < -0.3 is 24.2 Å². The molecular formula is C37H40ClFN2O8S. The Hall–Kier alpha value is -4.47. The van der Waals surface area contributed by atoms with Gasteiger partial charge in [-0.15, -0.1) is 17.8 Å². The number of carboxylic acids is 1. The molecule has 13 heteroatoms. The molecule has 1 aliphatic heterocycles. The predicted molar refractivity (Wildman–Crippen MR) is 187 cm³/mol. The standard InChI is InChI=1S/C32H34ClFN2O5S.C5H6O3/c1-5-13-36(32-35-31(20(3)42-32)24-14-19(2)28(40-4)17-25(24)33)27(15-21-9-10-21)22-11-12-23(26(34)16-22)18-41-30(39)8-6-7-29(37)38;6-4-2-1-3-5(7)8-4/h1,11-12,14,16-17,21,27H,6-10,13,15,18H2,2-4H3,(H,37,38);1-3H2/t27-;/m0./s1. The first kappa shape index (κ1) is 38.3. The van der Waals surface area contributed by atoms with E-state index in [9.17, 15) is 19.2 Å². The van der Waals surface area contributed by atoms with Crippen LogP contribution in [0, 0.1) is 37.9 Å². The minimum atomic E-state index is -0.979. The summed E-state index contributed by atoms with van der Waals surface area (Å²) in [5.74, 6) is 1.18. The molecule has 2 aromatic carbocycles. The quantitative estimate of drug-likeness (QED) is 0.0999. The predicted octanol–water partition coefficient (Wildman–Crippen LogP) is 7.75. The van der Waals surface area contributed by atoms with Crippen LogP contribution < -0.4 is 9.64 Å². The van der Waals surface area contributed by atoms with Gasteiger partial charge in [-0.25, -0.2) is 9.37 Å². The summed E-state index contributed by atoms with van der Waals surface area (Å²) >= 11 is 8.15. The summed E-state index contributed by atoms with van der Waals surface area (Å²) < 4.78 is 30.1. The zero-order valence-electron chi connectivity index (χ0n) is 28.3. The number of nitrogens with zero attached hydrogens (tertiary/aromatic N) is 2. The molecule has 1 aromatic heterocycles.